The van der Waals surface area contributed by atoms with E-state index >= 15 is 0 Å². The fourth-order valence-electron chi connectivity index (χ4n) is 3.80. The molecule has 156 valence electrons. The maximum Gasteiger partial charge on any atom is 0.344 e. The summed E-state index contributed by atoms with van der Waals surface area (Å²) in [5.41, 5.74) is 0.989. The fraction of sp³-hybridized carbons (Fsp3) is 0.286. The van der Waals surface area contributed by atoms with Crippen LogP contribution in [-0.2, 0) is 14.3 Å². The third-order valence-corrected chi connectivity index (χ3v) is 5.19. The van der Waals surface area contributed by atoms with Gasteiger partial charge in [-0.2, -0.15) is 0 Å². The molecule has 9 heteroatoms. The lowest BCUT2D eigenvalue weighted by Gasteiger charge is -2.29. The molecule has 0 unspecified atom stereocenters. The average molecular weight is 414 g/mol. The van der Waals surface area contributed by atoms with Gasteiger partial charge in [-0.05, 0) is 42.8 Å². The van der Waals surface area contributed by atoms with E-state index in [1.54, 1.807) is 12.1 Å². The number of ether oxygens (including phenoxy) is 3. The maximum absolute atomic E-state index is 13.1. The van der Waals surface area contributed by atoms with Crippen molar-refractivity contribution >= 4 is 23.5 Å². The minimum Gasteiger partial charge on any atom is -0.493 e. The van der Waals surface area contributed by atoms with Gasteiger partial charge in [0.05, 0.1) is 14.2 Å². The Morgan fingerprint density at radius 3 is 2.53 bits per heavy atom. The molecule has 2 aromatic carbocycles. The lowest BCUT2D eigenvalue weighted by atomic mass is 10.1. The number of methoxy groups -OCH3 is 2. The molecule has 2 aromatic rings. The molecule has 0 bridgehead atoms. The van der Waals surface area contributed by atoms with Gasteiger partial charge in [0.25, 0.3) is 0 Å². The smallest absolute Gasteiger partial charge is 0.344 e. The number of carbonyl (C=O) groups excluding carboxylic acids is 3. The highest BCUT2D eigenvalue weighted by atomic mass is 19.1. The number of anilines is 1. The number of halogens is 1. The highest BCUT2D eigenvalue weighted by Gasteiger charge is 2.47. The van der Waals surface area contributed by atoms with Crippen LogP contribution in [0.2, 0.25) is 0 Å². The summed E-state index contributed by atoms with van der Waals surface area (Å²) in [6.07, 6.45) is -0.646. The zero-order valence-corrected chi connectivity index (χ0v) is 16.3. The van der Waals surface area contributed by atoms with E-state index in [1.165, 1.54) is 43.4 Å². The number of amides is 2. The van der Waals surface area contributed by atoms with Gasteiger partial charge in [0.1, 0.15) is 17.4 Å². The van der Waals surface area contributed by atoms with Crippen LogP contribution in [0.25, 0.3) is 0 Å². The van der Waals surface area contributed by atoms with E-state index in [-0.39, 0.29) is 30.1 Å². The fourth-order valence-corrected chi connectivity index (χ4v) is 3.80. The summed E-state index contributed by atoms with van der Waals surface area (Å²) in [6.45, 7) is 0. The Morgan fingerprint density at radius 2 is 1.87 bits per heavy atom. The molecule has 30 heavy (non-hydrogen) atoms. The molecular formula is C21H19FN2O6. The molecule has 0 aliphatic carbocycles. The summed E-state index contributed by atoms with van der Waals surface area (Å²) in [7, 11) is 2.85. The van der Waals surface area contributed by atoms with Crippen LogP contribution >= 0.6 is 0 Å². The Balaban J connectivity index is 1.64. The summed E-state index contributed by atoms with van der Waals surface area (Å²) in [4.78, 5) is 39.3. The van der Waals surface area contributed by atoms with Gasteiger partial charge in [0.15, 0.2) is 11.5 Å². The van der Waals surface area contributed by atoms with Crippen molar-refractivity contribution in [1.82, 2.24) is 4.90 Å². The topological polar surface area (TPSA) is 94.2 Å². The minimum absolute atomic E-state index is 0.137. The van der Waals surface area contributed by atoms with Crippen molar-refractivity contribution in [2.24, 2.45) is 0 Å². The van der Waals surface area contributed by atoms with Crippen molar-refractivity contribution in [1.29, 1.82) is 0 Å². The quantitative estimate of drug-likeness (QED) is 0.756. The van der Waals surface area contributed by atoms with Gasteiger partial charge in [0.2, 0.25) is 18.0 Å². The van der Waals surface area contributed by atoms with E-state index < -0.39 is 30.0 Å². The Hall–Kier alpha value is -3.62. The molecule has 0 radical (unpaired) electrons. The SMILES string of the molecule is COc1ccc2c(c1OC)C(=O)O[C@@H]2N1C(=O)CC[C@@H]1C(=O)Nc1ccc(F)cc1. The number of cyclic esters (lactones) is 1. The van der Waals surface area contributed by atoms with Gasteiger partial charge in [0, 0.05) is 17.7 Å². The summed E-state index contributed by atoms with van der Waals surface area (Å²) < 4.78 is 29.1. The molecule has 2 heterocycles. The second-order valence-electron chi connectivity index (χ2n) is 6.87. The maximum atomic E-state index is 13.1. The molecule has 2 amide bonds. The second kappa shape index (κ2) is 7.66. The predicted octanol–water partition coefficient (Wildman–Crippen LogP) is 2.64. The Labute approximate surface area is 171 Å². The van der Waals surface area contributed by atoms with Gasteiger partial charge in [-0.15, -0.1) is 0 Å². The number of fused-ring (bicyclic) bond motifs is 1. The van der Waals surface area contributed by atoms with Crippen molar-refractivity contribution in [3.63, 3.8) is 0 Å². The Bertz CT molecular complexity index is 1020. The highest BCUT2D eigenvalue weighted by Crippen LogP contribution is 2.45. The van der Waals surface area contributed by atoms with Gasteiger partial charge < -0.3 is 19.5 Å². The van der Waals surface area contributed by atoms with E-state index in [2.05, 4.69) is 5.32 Å². The van der Waals surface area contributed by atoms with Crippen molar-refractivity contribution < 1.29 is 33.0 Å². The standard InChI is InChI=1S/C21H19FN2O6/c1-28-15-9-7-13-17(18(15)29-2)21(27)30-20(13)24-14(8-10-16(24)25)19(26)23-12-5-3-11(22)4-6-12/h3-7,9,14,20H,8,10H2,1-2H3,(H,23,26)/t14-,20+/m1/s1. The first-order valence-electron chi connectivity index (χ1n) is 9.28. The molecule has 4 rings (SSSR count). The zero-order chi connectivity index (χ0) is 21.4. The molecule has 0 spiro atoms. The van der Waals surface area contributed by atoms with Crippen LogP contribution in [0.4, 0.5) is 10.1 Å². The zero-order valence-electron chi connectivity index (χ0n) is 16.3. The molecule has 2 aliphatic rings. The Morgan fingerprint density at radius 1 is 1.13 bits per heavy atom. The number of likely N-dealkylation sites (tertiary alicyclic amines) is 1. The predicted molar refractivity (Wildman–Crippen MR) is 103 cm³/mol. The van der Waals surface area contributed by atoms with E-state index in [0.717, 1.165) is 0 Å². The van der Waals surface area contributed by atoms with E-state index in [4.69, 9.17) is 14.2 Å². The van der Waals surface area contributed by atoms with Crippen molar-refractivity contribution in [2.75, 3.05) is 19.5 Å². The number of nitrogens with zero attached hydrogens (tertiary/aromatic N) is 1. The number of benzene rings is 2. The molecule has 0 saturated carbocycles. The number of hydrogen-bond donors (Lipinski definition) is 1. The largest absolute Gasteiger partial charge is 0.493 e. The minimum atomic E-state index is -1.05. The number of rotatable bonds is 5. The lowest BCUT2D eigenvalue weighted by molar-refractivity contribution is -0.144. The van der Waals surface area contributed by atoms with E-state index in [1.807, 2.05) is 0 Å². The number of hydrogen-bond acceptors (Lipinski definition) is 6. The third-order valence-electron chi connectivity index (χ3n) is 5.19. The van der Waals surface area contributed by atoms with Crippen LogP contribution < -0.4 is 14.8 Å². The van der Waals surface area contributed by atoms with Crippen LogP contribution in [-0.4, -0.2) is 42.9 Å². The molecule has 1 N–H and O–H groups in total. The molecule has 1 fully saturated rings. The molecule has 2 atom stereocenters. The second-order valence-corrected chi connectivity index (χ2v) is 6.87. The first kappa shape index (κ1) is 19.7. The van der Waals surface area contributed by atoms with Gasteiger partial charge in [-0.25, -0.2) is 9.18 Å². The van der Waals surface area contributed by atoms with Crippen LogP contribution in [0.1, 0.15) is 35.0 Å². The van der Waals surface area contributed by atoms with E-state index in [0.29, 0.717) is 17.0 Å². The number of nitrogens with one attached hydrogen (secondary N) is 1. The first-order valence-corrected chi connectivity index (χ1v) is 9.28. The molecular weight excluding hydrogens is 395 g/mol. The highest BCUT2D eigenvalue weighted by molar-refractivity contribution is 6.01. The van der Waals surface area contributed by atoms with Crippen molar-refractivity contribution in [3.05, 3.63) is 53.3 Å². The summed E-state index contributed by atoms with van der Waals surface area (Å²) >= 11 is 0. The summed E-state index contributed by atoms with van der Waals surface area (Å²) in [6, 6.07) is 7.68. The van der Waals surface area contributed by atoms with Gasteiger partial charge >= 0.3 is 5.97 Å². The van der Waals surface area contributed by atoms with Gasteiger partial charge in [-0.3, -0.25) is 14.5 Å². The average Bonchev–Trinajstić information content (AvgIpc) is 3.28. The van der Waals surface area contributed by atoms with Crippen LogP contribution in [0.3, 0.4) is 0 Å². The third kappa shape index (κ3) is 3.22. The summed E-state index contributed by atoms with van der Waals surface area (Å²) in [5, 5.41) is 2.68. The van der Waals surface area contributed by atoms with Crippen molar-refractivity contribution in [2.45, 2.75) is 25.1 Å². The number of carbonyl (C=O) groups is 3. The lowest BCUT2D eigenvalue weighted by Crippen LogP contribution is -2.43. The van der Waals surface area contributed by atoms with Gasteiger partial charge in [-0.1, -0.05) is 0 Å². The monoisotopic (exact) mass is 414 g/mol. The van der Waals surface area contributed by atoms with Crippen LogP contribution in [0.15, 0.2) is 36.4 Å². The Kier molecular flexibility index (Phi) is 5.03. The van der Waals surface area contributed by atoms with Crippen LogP contribution in [0, 0.1) is 5.82 Å². The molecule has 0 aromatic heterocycles. The molecule has 8 nitrogen and oxygen atoms in total. The first-order chi connectivity index (χ1) is 14.4. The number of esters is 1. The normalized spacial score (nSPS) is 20.0. The van der Waals surface area contributed by atoms with Crippen LogP contribution in [0.5, 0.6) is 11.5 Å². The van der Waals surface area contributed by atoms with E-state index in [9.17, 15) is 18.8 Å². The molecule has 2 aliphatic heterocycles. The van der Waals surface area contributed by atoms with Crippen molar-refractivity contribution in [3.8, 4) is 11.5 Å². The molecule has 1 saturated heterocycles. The summed E-state index contributed by atoms with van der Waals surface area (Å²) in [5.74, 6) is -1.28.